The van der Waals surface area contributed by atoms with E-state index in [1.165, 1.54) is 13.2 Å². The topological polar surface area (TPSA) is 85.4 Å². The molecule has 0 bridgehead atoms. The Labute approximate surface area is 96.2 Å². The number of ether oxygens (including phenoxy) is 1. The molecule has 0 saturated heterocycles. The van der Waals surface area contributed by atoms with Gasteiger partial charge in [-0.2, -0.15) is 0 Å². The van der Waals surface area contributed by atoms with Gasteiger partial charge in [-0.15, -0.1) is 0 Å². The third-order valence-corrected chi connectivity index (χ3v) is 2.16. The van der Waals surface area contributed by atoms with Gasteiger partial charge in [0.15, 0.2) is 0 Å². The van der Waals surface area contributed by atoms with Gasteiger partial charge in [0.25, 0.3) is 6.43 Å². The van der Waals surface area contributed by atoms with Crippen molar-refractivity contribution in [1.82, 2.24) is 4.98 Å². The minimum atomic E-state index is -2.82. The van der Waals surface area contributed by atoms with Crippen LogP contribution in [0, 0.1) is 0 Å². The molecule has 1 aromatic rings. The van der Waals surface area contributed by atoms with Crippen molar-refractivity contribution in [2.45, 2.75) is 19.4 Å². The quantitative estimate of drug-likeness (QED) is 0.812. The largest absolute Gasteiger partial charge is 0.481 e. The van der Waals surface area contributed by atoms with Crippen molar-refractivity contribution in [1.29, 1.82) is 0 Å². The number of nitrogens with two attached hydrogens (primary N) is 1. The first-order valence-corrected chi connectivity index (χ1v) is 4.76. The van der Waals surface area contributed by atoms with Gasteiger partial charge in [-0.25, -0.2) is 13.8 Å². The van der Waals surface area contributed by atoms with Crippen LogP contribution >= 0.6 is 0 Å². The van der Waals surface area contributed by atoms with E-state index in [9.17, 15) is 13.6 Å². The smallest absolute Gasteiger partial charge is 0.307 e. The molecule has 3 N–H and O–H groups in total. The normalized spacial score (nSPS) is 10.6. The van der Waals surface area contributed by atoms with Gasteiger partial charge in [0.2, 0.25) is 5.88 Å². The number of rotatable bonds is 5. The van der Waals surface area contributed by atoms with Crippen molar-refractivity contribution < 1.29 is 23.4 Å². The molecule has 0 saturated carbocycles. The Morgan fingerprint density at radius 1 is 1.65 bits per heavy atom. The van der Waals surface area contributed by atoms with Gasteiger partial charge in [-0.1, -0.05) is 0 Å². The molecule has 0 amide bonds. The zero-order chi connectivity index (χ0) is 13.0. The van der Waals surface area contributed by atoms with E-state index in [2.05, 4.69) is 4.98 Å². The summed E-state index contributed by atoms with van der Waals surface area (Å²) < 4.78 is 30.5. The molecule has 0 spiro atoms. The highest BCUT2D eigenvalue weighted by Crippen LogP contribution is 2.28. The van der Waals surface area contributed by atoms with Crippen LogP contribution in [-0.4, -0.2) is 23.2 Å². The number of carbonyl (C=O) groups is 1. The summed E-state index contributed by atoms with van der Waals surface area (Å²) in [5.74, 6) is -1.13. The van der Waals surface area contributed by atoms with E-state index >= 15 is 0 Å². The predicted molar refractivity (Wildman–Crippen MR) is 55.0 cm³/mol. The van der Waals surface area contributed by atoms with E-state index in [1.807, 2.05) is 0 Å². The standard InChI is InChI=1S/C10H12F2N2O3/c1-17-7-2-5(3-8(15)16)9(10(11)12)6(4-13)14-7/h2,10H,3-4,13H2,1H3,(H,15,16). The van der Waals surface area contributed by atoms with Crippen molar-refractivity contribution in [2.75, 3.05) is 7.11 Å². The monoisotopic (exact) mass is 246 g/mol. The Balaban J connectivity index is 3.35. The summed E-state index contributed by atoms with van der Waals surface area (Å²) in [5, 5.41) is 8.66. The molecule has 0 unspecified atom stereocenters. The van der Waals surface area contributed by atoms with Crippen molar-refractivity contribution >= 4 is 5.97 Å². The molecule has 0 radical (unpaired) electrons. The summed E-state index contributed by atoms with van der Waals surface area (Å²) in [4.78, 5) is 14.4. The van der Waals surface area contributed by atoms with E-state index in [0.717, 1.165) is 0 Å². The summed E-state index contributed by atoms with van der Waals surface area (Å²) >= 11 is 0. The second-order valence-corrected chi connectivity index (χ2v) is 3.26. The van der Waals surface area contributed by atoms with Crippen LogP contribution in [0.1, 0.15) is 23.2 Å². The molecule has 0 aliphatic carbocycles. The summed E-state index contributed by atoms with van der Waals surface area (Å²) in [6.07, 6.45) is -3.34. The van der Waals surface area contributed by atoms with E-state index in [4.69, 9.17) is 15.6 Å². The fourth-order valence-corrected chi connectivity index (χ4v) is 1.47. The second kappa shape index (κ2) is 5.53. The molecule has 5 nitrogen and oxygen atoms in total. The zero-order valence-corrected chi connectivity index (χ0v) is 9.11. The molecule has 7 heteroatoms. The molecule has 94 valence electrons. The number of methoxy groups -OCH3 is 1. The lowest BCUT2D eigenvalue weighted by molar-refractivity contribution is -0.136. The number of aromatic nitrogens is 1. The van der Waals surface area contributed by atoms with Crippen LogP contribution in [0.3, 0.4) is 0 Å². The van der Waals surface area contributed by atoms with Crippen LogP contribution in [0.25, 0.3) is 0 Å². The van der Waals surface area contributed by atoms with Crippen molar-refractivity contribution in [3.05, 3.63) is 22.9 Å². The average Bonchev–Trinajstić information content (AvgIpc) is 2.26. The zero-order valence-electron chi connectivity index (χ0n) is 9.11. The number of alkyl halides is 2. The maximum atomic E-state index is 12.8. The molecule has 1 aromatic heterocycles. The molecular weight excluding hydrogens is 234 g/mol. The fraction of sp³-hybridized carbons (Fsp3) is 0.400. The SMILES string of the molecule is COc1cc(CC(=O)O)c(C(F)F)c(CN)n1. The minimum Gasteiger partial charge on any atom is -0.481 e. The second-order valence-electron chi connectivity index (χ2n) is 3.26. The van der Waals surface area contributed by atoms with Gasteiger partial charge >= 0.3 is 5.97 Å². The molecular formula is C10H12F2N2O3. The van der Waals surface area contributed by atoms with Gasteiger partial charge in [-0.3, -0.25) is 4.79 Å². The Morgan fingerprint density at radius 2 is 2.29 bits per heavy atom. The van der Waals surface area contributed by atoms with Gasteiger partial charge < -0.3 is 15.6 Å². The third kappa shape index (κ3) is 3.10. The summed E-state index contributed by atoms with van der Waals surface area (Å²) in [5.41, 5.74) is 4.82. The Hall–Kier alpha value is -1.76. The highest BCUT2D eigenvalue weighted by Gasteiger charge is 2.21. The van der Waals surface area contributed by atoms with Crippen LogP contribution in [0.5, 0.6) is 5.88 Å². The predicted octanol–water partition coefficient (Wildman–Crippen LogP) is 1.11. The van der Waals surface area contributed by atoms with Gasteiger partial charge in [-0.05, 0) is 5.56 Å². The van der Waals surface area contributed by atoms with E-state index in [0.29, 0.717) is 0 Å². The van der Waals surface area contributed by atoms with E-state index < -0.39 is 24.4 Å². The highest BCUT2D eigenvalue weighted by atomic mass is 19.3. The number of hydrogen-bond acceptors (Lipinski definition) is 4. The molecule has 0 aliphatic heterocycles. The lowest BCUT2D eigenvalue weighted by Crippen LogP contribution is -2.12. The molecule has 1 rings (SSSR count). The Kier molecular flexibility index (Phi) is 4.33. The number of hydrogen-bond donors (Lipinski definition) is 2. The number of carboxylic acids is 1. The molecule has 0 fully saturated rings. The number of aliphatic carboxylic acids is 1. The maximum absolute atomic E-state index is 12.8. The van der Waals surface area contributed by atoms with Gasteiger partial charge in [0.1, 0.15) is 0 Å². The number of carboxylic acid groups (broad SMARTS) is 1. The summed E-state index contributed by atoms with van der Waals surface area (Å²) in [7, 11) is 1.31. The van der Waals surface area contributed by atoms with Crippen LogP contribution < -0.4 is 10.5 Å². The molecule has 0 aliphatic rings. The molecule has 1 heterocycles. The van der Waals surface area contributed by atoms with Crippen LogP contribution in [-0.2, 0) is 17.8 Å². The van der Waals surface area contributed by atoms with Crippen molar-refractivity contribution in [2.24, 2.45) is 5.73 Å². The van der Waals surface area contributed by atoms with Gasteiger partial charge in [0.05, 0.1) is 19.2 Å². The van der Waals surface area contributed by atoms with Gasteiger partial charge in [0, 0.05) is 18.2 Å². The summed E-state index contributed by atoms with van der Waals surface area (Å²) in [6.45, 7) is -0.205. The Morgan fingerprint density at radius 3 is 2.71 bits per heavy atom. The van der Waals surface area contributed by atoms with Crippen molar-refractivity contribution in [3.8, 4) is 5.88 Å². The number of halogens is 2. The molecule has 17 heavy (non-hydrogen) atoms. The third-order valence-electron chi connectivity index (χ3n) is 2.16. The first-order valence-electron chi connectivity index (χ1n) is 4.76. The lowest BCUT2D eigenvalue weighted by atomic mass is 10.0. The fourth-order valence-electron chi connectivity index (χ4n) is 1.47. The highest BCUT2D eigenvalue weighted by molar-refractivity contribution is 5.71. The first kappa shape index (κ1) is 13.3. The summed E-state index contributed by atoms with van der Waals surface area (Å²) in [6, 6.07) is 1.19. The minimum absolute atomic E-state index is 0.0280. The number of nitrogens with zero attached hydrogens (tertiary/aromatic N) is 1. The molecule has 0 atom stereocenters. The van der Waals surface area contributed by atoms with E-state index in [1.54, 1.807) is 0 Å². The number of pyridine rings is 1. The average molecular weight is 246 g/mol. The first-order chi connectivity index (χ1) is 7.99. The van der Waals surface area contributed by atoms with Crippen LogP contribution in [0.4, 0.5) is 8.78 Å². The van der Waals surface area contributed by atoms with Crippen LogP contribution in [0.15, 0.2) is 6.07 Å². The Bertz CT molecular complexity index is 424. The van der Waals surface area contributed by atoms with E-state index in [-0.39, 0.29) is 23.7 Å². The van der Waals surface area contributed by atoms with Crippen molar-refractivity contribution in [3.63, 3.8) is 0 Å². The van der Waals surface area contributed by atoms with Crippen LogP contribution in [0.2, 0.25) is 0 Å². The maximum Gasteiger partial charge on any atom is 0.307 e. The molecule has 0 aromatic carbocycles. The lowest BCUT2D eigenvalue weighted by Gasteiger charge is -2.13.